The van der Waals surface area contributed by atoms with Crippen LogP contribution >= 0.6 is 0 Å². The quantitative estimate of drug-likeness (QED) is 0.864. The minimum Gasteiger partial charge on any atom is -0.350 e. The summed E-state index contributed by atoms with van der Waals surface area (Å²) in [6.45, 7) is 2.19. The molecular formula is C18H21N5O2. The summed E-state index contributed by atoms with van der Waals surface area (Å²) in [6.07, 6.45) is 0.119. The molecule has 0 bridgehead atoms. The Balaban J connectivity index is 1.63. The summed E-state index contributed by atoms with van der Waals surface area (Å²) in [6, 6.07) is 9.29. The molecule has 2 N–H and O–H groups in total. The molecular weight excluding hydrogens is 318 g/mol. The van der Waals surface area contributed by atoms with Gasteiger partial charge in [-0.3, -0.25) is 9.59 Å². The topological polar surface area (TPSA) is 87.2 Å². The van der Waals surface area contributed by atoms with E-state index in [1.54, 1.807) is 0 Å². The third-order valence-corrected chi connectivity index (χ3v) is 4.06. The highest BCUT2D eigenvalue weighted by atomic mass is 16.2. The van der Waals surface area contributed by atoms with Crippen LogP contribution in [0.3, 0.4) is 0 Å². The van der Waals surface area contributed by atoms with Crippen LogP contribution in [-0.4, -0.2) is 35.9 Å². The molecule has 0 radical (unpaired) electrons. The second-order valence-corrected chi connectivity index (χ2v) is 6.31. The molecule has 2 amide bonds. The molecule has 0 fully saturated rings. The van der Waals surface area contributed by atoms with E-state index < -0.39 is 5.92 Å². The van der Waals surface area contributed by atoms with Crippen LogP contribution in [0.25, 0.3) is 0 Å². The Morgan fingerprint density at radius 1 is 1.28 bits per heavy atom. The third kappa shape index (κ3) is 3.76. The van der Waals surface area contributed by atoms with Crippen molar-refractivity contribution in [1.82, 2.24) is 15.3 Å². The molecule has 1 atom stereocenters. The Morgan fingerprint density at radius 2 is 2.04 bits per heavy atom. The zero-order chi connectivity index (χ0) is 18.0. The van der Waals surface area contributed by atoms with Crippen LogP contribution in [0.1, 0.15) is 29.3 Å². The minimum absolute atomic E-state index is 0.119. The molecule has 0 saturated heterocycles. The molecule has 1 aliphatic heterocycles. The Bertz CT molecular complexity index is 819. The number of carbonyl (C=O) groups is 2. The maximum Gasteiger partial charge on any atom is 0.232 e. The number of hydrogen-bond acceptors (Lipinski definition) is 5. The van der Waals surface area contributed by atoms with E-state index in [2.05, 4.69) is 20.6 Å². The number of nitrogens with one attached hydrogen (secondary N) is 2. The monoisotopic (exact) mass is 339 g/mol. The molecule has 0 aliphatic carbocycles. The van der Waals surface area contributed by atoms with Gasteiger partial charge in [-0.15, -0.1) is 0 Å². The number of anilines is 2. The molecule has 2 aromatic rings. The maximum absolute atomic E-state index is 12.3. The van der Waals surface area contributed by atoms with Gasteiger partial charge in [-0.1, -0.05) is 18.2 Å². The lowest BCUT2D eigenvalue weighted by Crippen LogP contribution is -2.27. The highest BCUT2D eigenvalue weighted by Gasteiger charge is 2.31. The number of benzene rings is 1. The molecule has 1 aromatic carbocycles. The van der Waals surface area contributed by atoms with E-state index in [-0.39, 0.29) is 18.2 Å². The van der Waals surface area contributed by atoms with Crippen LogP contribution in [0, 0.1) is 6.92 Å². The normalized spacial score (nSPS) is 15.5. The first-order chi connectivity index (χ1) is 11.9. The maximum atomic E-state index is 12.3. The number of aromatic nitrogens is 2. The number of aryl methyl sites for hydroxylation is 1. The molecule has 25 heavy (non-hydrogen) atoms. The lowest BCUT2D eigenvalue weighted by molar-refractivity contribution is -0.125. The molecule has 130 valence electrons. The van der Waals surface area contributed by atoms with Crippen molar-refractivity contribution in [3.63, 3.8) is 0 Å². The van der Waals surface area contributed by atoms with Crippen molar-refractivity contribution in [3.05, 3.63) is 47.3 Å². The van der Waals surface area contributed by atoms with Crippen molar-refractivity contribution in [2.75, 3.05) is 24.3 Å². The van der Waals surface area contributed by atoms with E-state index in [1.807, 2.05) is 56.3 Å². The van der Waals surface area contributed by atoms with Gasteiger partial charge in [0.15, 0.2) is 0 Å². The number of nitrogens with zero attached hydrogens (tertiary/aromatic N) is 3. The van der Waals surface area contributed by atoms with Gasteiger partial charge < -0.3 is 15.5 Å². The number of amides is 2. The van der Waals surface area contributed by atoms with Crippen LogP contribution in [0.5, 0.6) is 0 Å². The first-order valence-electron chi connectivity index (χ1n) is 8.12. The van der Waals surface area contributed by atoms with E-state index in [0.717, 1.165) is 22.6 Å². The van der Waals surface area contributed by atoms with E-state index in [1.165, 1.54) is 0 Å². The smallest absolute Gasteiger partial charge is 0.232 e. The lowest BCUT2D eigenvalue weighted by atomic mass is 9.97. The zero-order valence-corrected chi connectivity index (χ0v) is 14.5. The zero-order valence-electron chi connectivity index (χ0n) is 14.5. The Morgan fingerprint density at radius 3 is 2.80 bits per heavy atom. The molecule has 1 unspecified atom stereocenters. The summed E-state index contributed by atoms with van der Waals surface area (Å²) in [5, 5.41) is 5.65. The standard InChI is InChI=1S/C18H21N5O2/c1-11-8-12(21-18(20-11)23(2)3)10-19-16(24)9-14-13-6-4-5-7-15(13)22-17(14)25/h4-8,14H,9-10H2,1-3H3,(H,19,24)(H,22,25). The van der Waals surface area contributed by atoms with Crippen LogP contribution < -0.4 is 15.5 Å². The first-order valence-corrected chi connectivity index (χ1v) is 8.12. The van der Waals surface area contributed by atoms with Crippen molar-refractivity contribution < 1.29 is 9.59 Å². The summed E-state index contributed by atoms with van der Waals surface area (Å²) >= 11 is 0. The lowest BCUT2D eigenvalue weighted by Gasteiger charge is -2.13. The van der Waals surface area contributed by atoms with Gasteiger partial charge in [0, 0.05) is 31.9 Å². The summed E-state index contributed by atoms with van der Waals surface area (Å²) in [7, 11) is 3.74. The van der Waals surface area contributed by atoms with Gasteiger partial charge in [0.05, 0.1) is 18.2 Å². The highest BCUT2D eigenvalue weighted by molar-refractivity contribution is 6.04. The summed E-state index contributed by atoms with van der Waals surface area (Å²) in [5.74, 6) is -0.155. The van der Waals surface area contributed by atoms with Gasteiger partial charge in [-0.25, -0.2) is 9.97 Å². The fraction of sp³-hybridized carbons (Fsp3) is 0.333. The molecule has 3 rings (SSSR count). The van der Waals surface area contributed by atoms with Crippen LogP contribution in [0.2, 0.25) is 0 Å². The summed E-state index contributed by atoms with van der Waals surface area (Å²) < 4.78 is 0. The fourth-order valence-corrected chi connectivity index (χ4v) is 2.83. The van der Waals surface area contributed by atoms with Gasteiger partial charge >= 0.3 is 0 Å². The molecule has 2 heterocycles. The average Bonchev–Trinajstić information content (AvgIpc) is 2.88. The van der Waals surface area contributed by atoms with Gasteiger partial charge in [-0.2, -0.15) is 0 Å². The molecule has 7 nitrogen and oxygen atoms in total. The summed E-state index contributed by atoms with van der Waals surface area (Å²) in [5.41, 5.74) is 3.23. The molecule has 1 aromatic heterocycles. The Kier molecular flexibility index (Phi) is 4.65. The number of hydrogen-bond donors (Lipinski definition) is 2. The van der Waals surface area contributed by atoms with E-state index in [4.69, 9.17) is 0 Å². The minimum atomic E-state index is -0.444. The number of fused-ring (bicyclic) bond motifs is 1. The van der Waals surface area contributed by atoms with Gasteiger partial charge in [0.25, 0.3) is 0 Å². The van der Waals surface area contributed by atoms with Gasteiger partial charge in [-0.05, 0) is 24.6 Å². The van der Waals surface area contributed by atoms with Crippen molar-refractivity contribution >= 4 is 23.5 Å². The first kappa shape index (κ1) is 16.9. The molecule has 0 spiro atoms. The number of carbonyl (C=O) groups excluding carboxylic acids is 2. The van der Waals surface area contributed by atoms with E-state index >= 15 is 0 Å². The summed E-state index contributed by atoms with van der Waals surface area (Å²) in [4.78, 5) is 34.9. The van der Waals surface area contributed by atoms with Gasteiger partial charge in [0.2, 0.25) is 17.8 Å². The second-order valence-electron chi connectivity index (χ2n) is 6.31. The fourth-order valence-electron chi connectivity index (χ4n) is 2.83. The van der Waals surface area contributed by atoms with Crippen molar-refractivity contribution in [1.29, 1.82) is 0 Å². The van der Waals surface area contributed by atoms with Crippen molar-refractivity contribution in [3.8, 4) is 0 Å². The Hall–Kier alpha value is -2.96. The predicted octanol–water partition coefficient (Wildman–Crippen LogP) is 1.59. The third-order valence-electron chi connectivity index (χ3n) is 4.06. The van der Waals surface area contributed by atoms with Crippen LogP contribution in [0.15, 0.2) is 30.3 Å². The van der Waals surface area contributed by atoms with E-state index in [0.29, 0.717) is 12.5 Å². The van der Waals surface area contributed by atoms with Crippen LogP contribution in [-0.2, 0) is 16.1 Å². The second kappa shape index (κ2) is 6.88. The van der Waals surface area contributed by atoms with Crippen molar-refractivity contribution in [2.24, 2.45) is 0 Å². The predicted molar refractivity (Wildman–Crippen MR) is 95.4 cm³/mol. The number of para-hydroxylation sites is 1. The molecule has 7 heteroatoms. The SMILES string of the molecule is Cc1cc(CNC(=O)CC2C(=O)Nc3ccccc32)nc(N(C)C)n1. The Labute approximate surface area is 146 Å². The molecule has 1 aliphatic rings. The largest absolute Gasteiger partial charge is 0.350 e. The van der Waals surface area contributed by atoms with Crippen LogP contribution in [0.4, 0.5) is 11.6 Å². The van der Waals surface area contributed by atoms with Crippen molar-refractivity contribution in [2.45, 2.75) is 25.8 Å². The van der Waals surface area contributed by atoms with Gasteiger partial charge in [0.1, 0.15) is 0 Å². The molecule has 0 saturated carbocycles. The van der Waals surface area contributed by atoms with E-state index in [9.17, 15) is 9.59 Å². The highest BCUT2D eigenvalue weighted by Crippen LogP contribution is 2.34. The average molecular weight is 339 g/mol. The number of rotatable bonds is 5.